The normalized spacial score (nSPS) is 14.3. The number of unbranched alkanes of at least 4 members (excludes halogenated alkanes) is 1. The van der Waals surface area contributed by atoms with Gasteiger partial charge in [-0.15, -0.1) is 6.92 Å². The number of nitrogens with zero attached hydrogens (tertiary/aromatic N) is 3. The summed E-state index contributed by atoms with van der Waals surface area (Å²) >= 11 is 0. The van der Waals surface area contributed by atoms with Crippen LogP contribution in [0.1, 0.15) is 65.7 Å². The minimum atomic E-state index is 0. The summed E-state index contributed by atoms with van der Waals surface area (Å²) in [5.74, 6) is 1.09. The molecule has 1 saturated carbocycles. The molecule has 0 aromatic rings. The van der Waals surface area contributed by atoms with Crippen LogP contribution in [-0.2, 0) is 0 Å². The van der Waals surface area contributed by atoms with Gasteiger partial charge >= 0.3 is 0 Å². The molecular formula is C18H40LaN3-3. The second-order valence-corrected chi connectivity index (χ2v) is 6.08. The summed E-state index contributed by atoms with van der Waals surface area (Å²) in [6.45, 7) is 9.10. The monoisotopic (exact) mass is 437 g/mol. The van der Waals surface area contributed by atoms with Gasteiger partial charge in [-0.3, -0.25) is 0 Å². The second-order valence-electron chi connectivity index (χ2n) is 6.08. The number of hydrogen-bond donors (Lipinski definition) is 0. The first kappa shape index (κ1) is 27.9. The van der Waals surface area contributed by atoms with Crippen LogP contribution in [0.15, 0.2) is 0 Å². The Labute approximate surface area is 169 Å². The van der Waals surface area contributed by atoms with Crippen molar-refractivity contribution in [3.8, 4) is 0 Å². The van der Waals surface area contributed by atoms with E-state index in [9.17, 15) is 0 Å². The fourth-order valence-electron chi connectivity index (χ4n) is 2.75. The summed E-state index contributed by atoms with van der Waals surface area (Å²) in [4.78, 5) is 2.29. The van der Waals surface area contributed by atoms with Gasteiger partial charge in [0.2, 0.25) is 0 Å². The van der Waals surface area contributed by atoms with Gasteiger partial charge in [0.15, 0.2) is 0 Å². The molecule has 0 saturated heterocycles. The van der Waals surface area contributed by atoms with E-state index in [4.69, 9.17) is 0 Å². The summed E-state index contributed by atoms with van der Waals surface area (Å²) < 4.78 is 0. The quantitative estimate of drug-likeness (QED) is 0.347. The average molecular weight is 437 g/mol. The molecule has 1 radical (unpaired) electrons. The van der Waals surface area contributed by atoms with Crippen LogP contribution in [0.3, 0.4) is 0 Å². The number of rotatable bonds is 9. The smallest absolute Gasteiger partial charge is 0 e. The van der Waals surface area contributed by atoms with E-state index in [2.05, 4.69) is 29.6 Å². The molecule has 0 spiro atoms. The number of hydrogen-bond acceptors (Lipinski definition) is 1. The molecule has 0 atom stereocenters. The molecule has 1 aliphatic carbocycles. The minimum absolute atomic E-state index is 0. The maximum Gasteiger partial charge on any atom is 0 e. The maximum atomic E-state index is 4.15. The summed E-state index contributed by atoms with van der Waals surface area (Å²) in [5.41, 5.74) is 0. The second kappa shape index (κ2) is 20.1. The Morgan fingerprint density at radius 1 is 1.00 bits per heavy atom. The summed E-state index contributed by atoms with van der Waals surface area (Å²) in [5, 5.41) is 8.30. The molecule has 0 aromatic carbocycles. The fourth-order valence-corrected chi connectivity index (χ4v) is 2.75. The SMILES string of the molecule is CC[N-]C(C)[N-]CC.CN(C)CCCCC1CCCC1.[CH3-].[La]. The molecule has 0 heterocycles. The van der Waals surface area contributed by atoms with Crippen LogP contribution in [0.5, 0.6) is 0 Å². The molecule has 0 amide bonds. The van der Waals surface area contributed by atoms with Crippen LogP contribution in [-0.4, -0.2) is 44.8 Å². The molecule has 0 aliphatic heterocycles. The van der Waals surface area contributed by atoms with Gasteiger partial charge in [-0.2, -0.15) is 13.1 Å². The predicted molar refractivity (Wildman–Crippen MR) is 98.0 cm³/mol. The van der Waals surface area contributed by atoms with Crippen molar-refractivity contribution in [3.05, 3.63) is 18.1 Å². The minimum Gasteiger partial charge on any atom is -0.678 e. The first-order chi connectivity index (χ1) is 9.60. The van der Waals surface area contributed by atoms with Gasteiger partial charge < -0.3 is 23.0 Å². The van der Waals surface area contributed by atoms with E-state index in [1.807, 2.05) is 20.8 Å². The van der Waals surface area contributed by atoms with Crippen molar-refractivity contribution < 1.29 is 35.6 Å². The zero-order chi connectivity index (χ0) is 15.2. The Bertz CT molecular complexity index is 189. The van der Waals surface area contributed by atoms with Crippen LogP contribution in [0, 0.1) is 48.9 Å². The Balaban J connectivity index is -0.000000323. The van der Waals surface area contributed by atoms with Gasteiger partial charge in [-0.05, 0) is 33.0 Å². The van der Waals surface area contributed by atoms with E-state index in [-0.39, 0.29) is 49.2 Å². The Hall–Kier alpha value is 1.07. The van der Waals surface area contributed by atoms with Crippen LogP contribution < -0.4 is 0 Å². The van der Waals surface area contributed by atoms with E-state index in [1.54, 1.807) is 0 Å². The standard InChI is InChI=1S/C11H23N.C6H14N2.CH3.La/c1-12(2)10-6-5-9-11-7-3-4-8-11;1-4-7-6(3)8-5-2;;/h11H,3-10H2,1-2H3;6H,4-5H2,1-3H3;1H3;/q;-2;-1;. The molecule has 0 bridgehead atoms. The molecule has 3 nitrogen and oxygen atoms in total. The van der Waals surface area contributed by atoms with Gasteiger partial charge in [0, 0.05) is 35.6 Å². The van der Waals surface area contributed by atoms with E-state index >= 15 is 0 Å². The molecule has 1 rings (SSSR count). The fraction of sp³-hybridized carbons (Fsp3) is 0.944. The molecule has 1 fully saturated rings. The molecule has 22 heavy (non-hydrogen) atoms. The van der Waals surface area contributed by atoms with Crippen molar-refractivity contribution in [2.45, 2.75) is 71.9 Å². The van der Waals surface area contributed by atoms with Crippen LogP contribution in [0.4, 0.5) is 0 Å². The van der Waals surface area contributed by atoms with E-state index < -0.39 is 0 Å². The van der Waals surface area contributed by atoms with Crippen LogP contribution >= 0.6 is 0 Å². The molecule has 4 heteroatoms. The third-order valence-electron chi connectivity index (χ3n) is 3.84. The molecule has 0 aromatic heterocycles. The van der Waals surface area contributed by atoms with Crippen molar-refractivity contribution in [3.63, 3.8) is 0 Å². The van der Waals surface area contributed by atoms with Crippen molar-refractivity contribution in [2.24, 2.45) is 5.92 Å². The summed E-state index contributed by atoms with van der Waals surface area (Å²) in [6, 6.07) is 0. The topological polar surface area (TPSA) is 31.4 Å². The molecule has 133 valence electrons. The van der Waals surface area contributed by atoms with E-state index in [0.29, 0.717) is 0 Å². The largest absolute Gasteiger partial charge is 0.678 e. The summed E-state index contributed by atoms with van der Waals surface area (Å²) in [6.07, 6.45) is 10.6. The van der Waals surface area contributed by atoms with Crippen LogP contribution in [0.2, 0.25) is 0 Å². The van der Waals surface area contributed by atoms with Crippen molar-refractivity contribution in [2.75, 3.05) is 33.7 Å². The molecular weight excluding hydrogens is 397 g/mol. The van der Waals surface area contributed by atoms with Gasteiger partial charge in [0.1, 0.15) is 0 Å². The van der Waals surface area contributed by atoms with Crippen molar-refractivity contribution in [1.82, 2.24) is 4.90 Å². The van der Waals surface area contributed by atoms with Gasteiger partial charge in [0.05, 0.1) is 0 Å². The molecule has 0 unspecified atom stereocenters. The zero-order valence-corrected chi connectivity index (χ0v) is 19.8. The first-order valence-electron chi connectivity index (χ1n) is 8.58. The molecule has 0 N–H and O–H groups in total. The van der Waals surface area contributed by atoms with E-state index in [1.165, 1.54) is 51.5 Å². The Kier molecular flexibility index (Phi) is 25.5. The summed E-state index contributed by atoms with van der Waals surface area (Å²) in [7, 11) is 4.32. The average Bonchev–Trinajstić information content (AvgIpc) is 2.89. The Morgan fingerprint density at radius 3 is 1.91 bits per heavy atom. The molecule has 1 aliphatic rings. The van der Waals surface area contributed by atoms with Crippen molar-refractivity contribution >= 4 is 0 Å². The predicted octanol–water partition coefficient (Wildman–Crippen LogP) is 5.48. The van der Waals surface area contributed by atoms with Gasteiger partial charge in [-0.25, -0.2) is 6.17 Å². The van der Waals surface area contributed by atoms with Gasteiger partial charge in [-0.1, -0.05) is 52.4 Å². The first-order valence-corrected chi connectivity index (χ1v) is 8.58. The van der Waals surface area contributed by atoms with E-state index in [0.717, 1.165) is 19.0 Å². The van der Waals surface area contributed by atoms with Crippen molar-refractivity contribution in [1.29, 1.82) is 0 Å². The van der Waals surface area contributed by atoms with Gasteiger partial charge in [0.25, 0.3) is 0 Å². The Morgan fingerprint density at radius 2 is 1.50 bits per heavy atom. The third-order valence-corrected chi connectivity index (χ3v) is 3.84. The van der Waals surface area contributed by atoms with Crippen LogP contribution in [0.25, 0.3) is 10.6 Å². The zero-order valence-electron chi connectivity index (χ0n) is 16.1. The maximum absolute atomic E-state index is 4.15. The third kappa shape index (κ3) is 19.1.